The van der Waals surface area contributed by atoms with Gasteiger partial charge in [0.25, 0.3) is 0 Å². The molecule has 2 aromatic carbocycles. The molecule has 0 saturated carbocycles. The summed E-state index contributed by atoms with van der Waals surface area (Å²) in [6, 6.07) is 16.8. The molecule has 0 radical (unpaired) electrons. The van der Waals surface area contributed by atoms with Crippen molar-refractivity contribution in [1.82, 2.24) is 4.98 Å². The van der Waals surface area contributed by atoms with Crippen molar-refractivity contribution in [3.05, 3.63) is 71.4 Å². The minimum absolute atomic E-state index is 0.182. The zero-order valence-corrected chi connectivity index (χ0v) is 11.6. The van der Waals surface area contributed by atoms with Crippen LogP contribution in [-0.4, -0.2) is 16.7 Å². The number of para-hydroxylation sites is 1. The third-order valence-electron chi connectivity index (χ3n) is 3.98. The summed E-state index contributed by atoms with van der Waals surface area (Å²) in [5.74, 6) is 0.356. The van der Waals surface area contributed by atoms with E-state index in [0.717, 1.165) is 5.52 Å². The lowest BCUT2D eigenvalue weighted by atomic mass is 9.92. The van der Waals surface area contributed by atoms with Crippen LogP contribution in [0.3, 0.4) is 0 Å². The van der Waals surface area contributed by atoms with Gasteiger partial charge in [0.05, 0.1) is 0 Å². The predicted octanol–water partition coefficient (Wildman–Crippen LogP) is 3.85. The van der Waals surface area contributed by atoms with Gasteiger partial charge in [0.1, 0.15) is 0 Å². The standard InChI is InChI=1S/C18H19NO/c1-13(14-6-3-2-4-7-14)17-12-19-18-15(10-11-20)8-5-9-16(17)18/h2-9,12-13,19-20H,10-11H2,1H3. The molecule has 20 heavy (non-hydrogen) atoms. The fourth-order valence-corrected chi connectivity index (χ4v) is 2.85. The number of aromatic amines is 1. The molecule has 1 heterocycles. The molecule has 0 aliphatic carbocycles. The monoisotopic (exact) mass is 265 g/mol. The molecule has 0 saturated heterocycles. The van der Waals surface area contributed by atoms with Gasteiger partial charge in [0, 0.05) is 29.6 Å². The maximum absolute atomic E-state index is 9.16. The molecule has 102 valence electrons. The van der Waals surface area contributed by atoms with Gasteiger partial charge in [-0.2, -0.15) is 0 Å². The van der Waals surface area contributed by atoms with E-state index in [1.54, 1.807) is 0 Å². The minimum atomic E-state index is 0.182. The quantitative estimate of drug-likeness (QED) is 0.738. The molecule has 0 amide bonds. The van der Waals surface area contributed by atoms with Gasteiger partial charge in [-0.3, -0.25) is 0 Å². The third kappa shape index (κ3) is 2.23. The van der Waals surface area contributed by atoms with Crippen LogP contribution in [0.1, 0.15) is 29.5 Å². The molecule has 2 N–H and O–H groups in total. The highest BCUT2D eigenvalue weighted by Gasteiger charge is 2.14. The molecule has 0 aliphatic heterocycles. The molecule has 1 unspecified atom stereocenters. The summed E-state index contributed by atoms with van der Waals surface area (Å²) in [6.07, 6.45) is 2.79. The van der Waals surface area contributed by atoms with E-state index >= 15 is 0 Å². The van der Waals surface area contributed by atoms with Gasteiger partial charge in [-0.1, -0.05) is 55.5 Å². The molecule has 3 aromatic rings. The molecule has 0 aliphatic rings. The lowest BCUT2D eigenvalue weighted by molar-refractivity contribution is 0.300. The normalized spacial score (nSPS) is 12.7. The predicted molar refractivity (Wildman–Crippen MR) is 83.0 cm³/mol. The van der Waals surface area contributed by atoms with E-state index in [4.69, 9.17) is 5.11 Å². The molecular weight excluding hydrogens is 246 g/mol. The van der Waals surface area contributed by atoms with Gasteiger partial charge in [-0.15, -0.1) is 0 Å². The summed E-state index contributed by atoms with van der Waals surface area (Å²) in [7, 11) is 0. The molecule has 1 aromatic heterocycles. The Labute approximate surface area is 119 Å². The van der Waals surface area contributed by atoms with Crippen molar-refractivity contribution in [3.8, 4) is 0 Å². The van der Waals surface area contributed by atoms with E-state index in [0.29, 0.717) is 12.3 Å². The smallest absolute Gasteiger partial charge is 0.0490 e. The first-order valence-corrected chi connectivity index (χ1v) is 7.06. The van der Waals surface area contributed by atoms with Crippen molar-refractivity contribution in [2.45, 2.75) is 19.3 Å². The Kier molecular flexibility index (Phi) is 3.57. The highest BCUT2D eigenvalue weighted by molar-refractivity contribution is 5.87. The molecule has 2 nitrogen and oxygen atoms in total. The van der Waals surface area contributed by atoms with Crippen LogP contribution in [0.5, 0.6) is 0 Å². The summed E-state index contributed by atoms with van der Waals surface area (Å²) in [6.45, 7) is 2.42. The van der Waals surface area contributed by atoms with Crippen LogP contribution >= 0.6 is 0 Å². The Balaban J connectivity index is 2.07. The molecule has 1 atom stereocenters. The fourth-order valence-electron chi connectivity index (χ4n) is 2.85. The van der Waals surface area contributed by atoms with Gasteiger partial charge in [0.2, 0.25) is 0 Å². The molecular formula is C18H19NO. The van der Waals surface area contributed by atoms with E-state index in [1.165, 1.54) is 22.1 Å². The number of hydrogen-bond acceptors (Lipinski definition) is 1. The summed E-state index contributed by atoms with van der Waals surface area (Å²) >= 11 is 0. The number of aromatic nitrogens is 1. The summed E-state index contributed by atoms with van der Waals surface area (Å²) in [4.78, 5) is 3.38. The molecule has 0 fully saturated rings. The van der Waals surface area contributed by atoms with Crippen LogP contribution in [-0.2, 0) is 6.42 Å². The van der Waals surface area contributed by atoms with Crippen LogP contribution in [0.2, 0.25) is 0 Å². The second kappa shape index (κ2) is 5.51. The maximum atomic E-state index is 9.16. The van der Waals surface area contributed by atoms with Gasteiger partial charge in [-0.05, 0) is 23.1 Å². The first kappa shape index (κ1) is 12.9. The first-order chi connectivity index (χ1) is 9.81. The number of hydrogen-bond donors (Lipinski definition) is 2. The van der Waals surface area contributed by atoms with E-state index in [1.807, 2.05) is 6.07 Å². The van der Waals surface area contributed by atoms with Crippen LogP contribution in [0.25, 0.3) is 10.9 Å². The summed E-state index contributed by atoms with van der Waals surface area (Å²) in [5, 5.41) is 10.4. The molecule has 3 rings (SSSR count). The van der Waals surface area contributed by atoms with E-state index in [2.05, 4.69) is 60.6 Å². The fraction of sp³-hybridized carbons (Fsp3) is 0.222. The Morgan fingerprint density at radius 2 is 1.85 bits per heavy atom. The van der Waals surface area contributed by atoms with Crippen molar-refractivity contribution in [2.24, 2.45) is 0 Å². The Morgan fingerprint density at radius 1 is 1.05 bits per heavy atom. The maximum Gasteiger partial charge on any atom is 0.0490 e. The summed E-state index contributed by atoms with van der Waals surface area (Å²) in [5.41, 5.74) is 4.96. The summed E-state index contributed by atoms with van der Waals surface area (Å²) < 4.78 is 0. The average Bonchev–Trinajstić information content (AvgIpc) is 2.93. The number of aliphatic hydroxyl groups is 1. The third-order valence-corrected chi connectivity index (χ3v) is 3.98. The number of benzene rings is 2. The number of H-pyrrole nitrogens is 1. The zero-order valence-electron chi connectivity index (χ0n) is 11.6. The Bertz CT molecular complexity index is 700. The largest absolute Gasteiger partial charge is 0.396 e. The Morgan fingerprint density at radius 3 is 2.60 bits per heavy atom. The lowest BCUT2D eigenvalue weighted by Crippen LogP contribution is -1.95. The van der Waals surface area contributed by atoms with Gasteiger partial charge in [0.15, 0.2) is 0 Å². The lowest BCUT2D eigenvalue weighted by Gasteiger charge is -2.11. The first-order valence-electron chi connectivity index (χ1n) is 7.06. The van der Waals surface area contributed by atoms with Crippen molar-refractivity contribution in [3.63, 3.8) is 0 Å². The van der Waals surface area contributed by atoms with E-state index in [9.17, 15) is 0 Å². The number of nitrogens with one attached hydrogen (secondary N) is 1. The average molecular weight is 265 g/mol. The second-order valence-electron chi connectivity index (χ2n) is 5.19. The van der Waals surface area contributed by atoms with E-state index in [-0.39, 0.29) is 6.61 Å². The molecule has 0 bridgehead atoms. The van der Waals surface area contributed by atoms with Crippen LogP contribution in [0.15, 0.2) is 54.7 Å². The SMILES string of the molecule is CC(c1ccccc1)c1c[nH]c2c(CCO)cccc12. The second-order valence-corrected chi connectivity index (χ2v) is 5.19. The zero-order chi connectivity index (χ0) is 13.9. The highest BCUT2D eigenvalue weighted by Crippen LogP contribution is 2.31. The van der Waals surface area contributed by atoms with Gasteiger partial charge < -0.3 is 10.1 Å². The van der Waals surface area contributed by atoms with Crippen LogP contribution in [0, 0.1) is 0 Å². The minimum Gasteiger partial charge on any atom is -0.396 e. The van der Waals surface area contributed by atoms with Gasteiger partial charge >= 0.3 is 0 Å². The highest BCUT2D eigenvalue weighted by atomic mass is 16.2. The Hall–Kier alpha value is -2.06. The van der Waals surface area contributed by atoms with Crippen molar-refractivity contribution >= 4 is 10.9 Å². The number of fused-ring (bicyclic) bond motifs is 1. The number of aliphatic hydroxyl groups excluding tert-OH is 1. The van der Waals surface area contributed by atoms with Gasteiger partial charge in [-0.25, -0.2) is 0 Å². The van der Waals surface area contributed by atoms with Crippen LogP contribution < -0.4 is 0 Å². The topological polar surface area (TPSA) is 36.0 Å². The van der Waals surface area contributed by atoms with Crippen molar-refractivity contribution in [1.29, 1.82) is 0 Å². The van der Waals surface area contributed by atoms with Crippen molar-refractivity contribution < 1.29 is 5.11 Å². The van der Waals surface area contributed by atoms with Crippen molar-refractivity contribution in [2.75, 3.05) is 6.61 Å². The molecule has 0 spiro atoms. The van der Waals surface area contributed by atoms with E-state index < -0.39 is 0 Å². The number of rotatable bonds is 4. The molecule has 2 heteroatoms. The van der Waals surface area contributed by atoms with Crippen LogP contribution in [0.4, 0.5) is 0 Å².